The molecule has 0 aromatic carbocycles. The number of carboxylic acids is 1. The zero-order valence-corrected chi connectivity index (χ0v) is 38.5. The Bertz CT molecular complexity index is 1050. The Kier molecular flexibility index (Phi) is 39.5. The van der Waals surface area contributed by atoms with Crippen molar-refractivity contribution in [2.75, 3.05) is 41.0 Å². The normalized spacial score (nSPS) is 13.2. The summed E-state index contributed by atoms with van der Waals surface area (Å²) >= 11 is 0. The quantitative estimate of drug-likeness (QED) is 0.0261. The van der Waals surface area contributed by atoms with E-state index in [-0.39, 0.29) is 42.7 Å². The van der Waals surface area contributed by atoms with Crippen molar-refractivity contribution < 1.29 is 38.2 Å². The number of unbranched alkanes of at least 4 members (excludes halogenated alkanes) is 23. The summed E-state index contributed by atoms with van der Waals surface area (Å²) in [6.45, 7) is 4.64. The van der Waals surface area contributed by atoms with Crippen LogP contribution < -0.4 is 5.11 Å². The number of nitrogens with zero attached hydrogens (tertiary/aromatic N) is 1. The van der Waals surface area contributed by atoms with Crippen LogP contribution in [0.3, 0.4) is 0 Å². The van der Waals surface area contributed by atoms with Crippen LogP contribution in [0.25, 0.3) is 0 Å². The summed E-state index contributed by atoms with van der Waals surface area (Å²) in [6.07, 6.45) is 47.4. The predicted molar refractivity (Wildman–Crippen MR) is 240 cm³/mol. The second-order valence-corrected chi connectivity index (χ2v) is 17.4. The van der Waals surface area contributed by atoms with E-state index in [4.69, 9.17) is 14.2 Å². The maximum absolute atomic E-state index is 12.7. The summed E-state index contributed by atoms with van der Waals surface area (Å²) in [7, 11) is 5.41. The largest absolute Gasteiger partial charge is 0.544 e. The molecule has 0 saturated carbocycles. The molecule has 0 bridgehead atoms. The van der Waals surface area contributed by atoms with Crippen molar-refractivity contribution in [1.29, 1.82) is 0 Å². The van der Waals surface area contributed by atoms with Crippen molar-refractivity contribution in [2.45, 2.75) is 225 Å². The molecule has 0 amide bonds. The molecule has 0 aliphatic heterocycles. The number of ether oxygens (including phenoxy) is 3. The lowest BCUT2D eigenvalue weighted by atomic mass is 10.0. The number of carboxylic acid groups (broad SMARTS) is 1. The number of hydrogen-bond donors (Lipinski definition) is 0. The Morgan fingerprint density at radius 2 is 0.914 bits per heavy atom. The van der Waals surface area contributed by atoms with Crippen LogP contribution in [0.5, 0.6) is 0 Å². The van der Waals surface area contributed by atoms with Crippen molar-refractivity contribution in [3.63, 3.8) is 0 Å². The first-order valence-electron chi connectivity index (χ1n) is 24.0. The number of carbonyl (C=O) groups is 3. The lowest BCUT2D eigenvalue weighted by Crippen LogP contribution is -2.55. The average molecular weight is 818 g/mol. The van der Waals surface area contributed by atoms with Crippen LogP contribution in [-0.2, 0) is 28.6 Å². The van der Waals surface area contributed by atoms with Crippen molar-refractivity contribution in [3.05, 3.63) is 36.5 Å². The summed E-state index contributed by atoms with van der Waals surface area (Å²) in [5, 5.41) is 11.6. The lowest BCUT2D eigenvalue weighted by Gasteiger charge is -2.34. The molecular weight excluding hydrogens is 727 g/mol. The van der Waals surface area contributed by atoms with Gasteiger partial charge < -0.3 is 28.6 Å². The van der Waals surface area contributed by atoms with Gasteiger partial charge in [0.05, 0.1) is 40.3 Å². The van der Waals surface area contributed by atoms with Crippen molar-refractivity contribution in [1.82, 2.24) is 0 Å². The zero-order valence-electron chi connectivity index (χ0n) is 38.5. The monoisotopic (exact) mass is 818 g/mol. The number of esters is 2. The summed E-state index contributed by atoms with van der Waals surface area (Å²) in [5.41, 5.74) is 0. The van der Waals surface area contributed by atoms with Gasteiger partial charge in [0.2, 0.25) is 0 Å². The maximum Gasteiger partial charge on any atom is 0.306 e. The molecule has 0 aliphatic carbocycles. The highest BCUT2D eigenvalue weighted by Crippen LogP contribution is 2.15. The van der Waals surface area contributed by atoms with E-state index in [0.29, 0.717) is 12.8 Å². The van der Waals surface area contributed by atoms with Gasteiger partial charge in [-0.05, 0) is 51.4 Å². The van der Waals surface area contributed by atoms with Crippen LogP contribution in [0.1, 0.15) is 213 Å². The predicted octanol–water partition coefficient (Wildman–Crippen LogP) is 12.1. The number of carbonyl (C=O) groups excluding carboxylic acids is 3. The highest BCUT2D eigenvalue weighted by molar-refractivity contribution is 5.70. The van der Waals surface area contributed by atoms with Crippen LogP contribution >= 0.6 is 0 Å². The standard InChI is InChI=1S/C50H91NO7/c1-6-8-10-12-14-16-18-20-21-22-23-24-25-26-27-28-29-31-32-34-36-38-40-48(52)57-45-46(44-56-43-42-47(50(54)55)51(3,4)5)58-49(53)41-39-37-35-33-30-19-17-15-13-11-9-7-2/h14,16,20-21,23-24,46-47H,6-13,15,17-19,22,25-45H2,1-5H3/b16-14+,21-20+,24-23+. The minimum Gasteiger partial charge on any atom is -0.544 e. The second kappa shape index (κ2) is 41.3. The third-order valence-electron chi connectivity index (χ3n) is 10.8. The van der Waals surface area contributed by atoms with Gasteiger partial charge in [-0.25, -0.2) is 0 Å². The molecule has 0 radical (unpaired) electrons. The van der Waals surface area contributed by atoms with E-state index in [1.807, 2.05) is 0 Å². The fourth-order valence-corrected chi connectivity index (χ4v) is 7.02. The number of rotatable bonds is 43. The molecule has 0 aromatic heterocycles. The maximum atomic E-state index is 12.7. The van der Waals surface area contributed by atoms with Gasteiger partial charge in [0.15, 0.2) is 6.10 Å². The van der Waals surface area contributed by atoms with Gasteiger partial charge in [0.1, 0.15) is 12.6 Å². The summed E-state index contributed by atoms with van der Waals surface area (Å²) in [5.74, 6) is -1.73. The number of aliphatic carboxylic acids is 1. The molecule has 0 aliphatic rings. The van der Waals surface area contributed by atoms with Gasteiger partial charge in [-0.3, -0.25) is 9.59 Å². The van der Waals surface area contributed by atoms with Crippen molar-refractivity contribution in [3.8, 4) is 0 Å². The Morgan fingerprint density at radius 3 is 1.38 bits per heavy atom. The smallest absolute Gasteiger partial charge is 0.306 e. The van der Waals surface area contributed by atoms with Crippen LogP contribution in [0.4, 0.5) is 0 Å². The molecule has 0 spiro atoms. The number of hydrogen-bond acceptors (Lipinski definition) is 7. The van der Waals surface area contributed by atoms with Crippen molar-refractivity contribution in [2.24, 2.45) is 0 Å². The van der Waals surface area contributed by atoms with E-state index >= 15 is 0 Å². The van der Waals surface area contributed by atoms with E-state index in [9.17, 15) is 19.5 Å². The highest BCUT2D eigenvalue weighted by Gasteiger charge is 2.25. The highest BCUT2D eigenvalue weighted by atomic mass is 16.6. The van der Waals surface area contributed by atoms with E-state index < -0.39 is 18.1 Å². The molecular formula is C50H91NO7. The van der Waals surface area contributed by atoms with Gasteiger partial charge in [-0.15, -0.1) is 0 Å². The first kappa shape index (κ1) is 55.5. The number of likely N-dealkylation sites (N-methyl/N-ethyl adjacent to an activating group) is 1. The molecule has 8 heteroatoms. The molecule has 0 saturated heterocycles. The molecule has 0 aromatic rings. The van der Waals surface area contributed by atoms with Gasteiger partial charge in [-0.2, -0.15) is 0 Å². The topological polar surface area (TPSA) is 102 Å². The van der Waals surface area contributed by atoms with Gasteiger partial charge in [0, 0.05) is 19.3 Å². The van der Waals surface area contributed by atoms with Gasteiger partial charge >= 0.3 is 11.9 Å². The minimum atomic E-state index is -1.12. The average Bonchev–Trinajstić information content (AvgIpc) is 3.18. The molecule has 338 valence electrons. The fourth-order valence-electron chi connectivity index (χ4n) is 7.02. The van der Waals surface area contributed by atoms with Gasteiger partial charge in [0.25, 0.3) is 0 Å². The van der Waals surface area contributed by atoms with Gasteiger partial charge in [-0.1, -0.05) is 179 Å². The molecule has 0 heterocycles. The van der Waals surface area contributed by atoms with Crippen molar-refractivity contribution >= 4 is 17.9 Å². The number of quaternary nitrogens is 1. The summed E-state index contributed by atoms with van der Waals surface area (Å²) in [6, 6.07) is -0.724. The first-order valence-corrected chi connectivity index (χ1v) is 24.0. The molecule has 0 fully saturated rings. The molecule has 0 N–H and O–H groups in total. The Hall–Kier alpha value is -2.45. The van der Waals surface area contributed by atoms with Crippen LogP contribution in [-0.4, -0.2) is 75.5 Å². The van der Waals surface area contributed by atoms with Crippen LogP contribution in [0.15, 0.2) is 36.5 Å². The fraction of sp³-hybridized carbons (Fsp3) is 0.820. The molecule has 58 heavy (non-hydrogen) atoms. The first-order chi connectivity index (χ1) is 28.1. The molecule has 8 nitrogen and oxygen atoms in total. The minimum absolute atomic E-state index is 0.0419. The van der Waals surface area contributed by atoms with Crippen LogP contribution in [0, 0.1) is 0 Å². The van der Waals surface area contributed by atoms with E-state index in [1.165, 1.54) is 128 Å². The van der Waals surface area contributed by atoms with E-state index in [0.717, 1.165) is 51.4 Å². The zero-order chi connectivity index (χ0) is 42.8. The molecule has 2 atom stereocenters. The SMILES string of the molecule is CCCCC/C=C/C/C=C/C/C=C/CCCCCCCCCCCC(=O)OCC(COCCC(C(=O)[O-])[N+](C)(C)C)OC(=O)CCCCCCCCCCCCCC. The Balaban J connectivity index is 4.22. The molecule has 0 rings (SSSR count). The second-order valence-electron chi connectivity index (χ2n) is 17.4. The third-order valence-corrected chi connectivity index (χ3v) is 10.8. The summed E-state index contributed by atoms with van der Waals surface area (Å²) < 4.78 is 17.2. The van der Waals surface area contributed by atoms with Crippen LogP contribution in [0.2, 0.25) is 0 Å². The van der Waals surface area contributed by atoms with E-state index in [2.05, 4.69) is 50.3 Å². The third kappa shape index (κ3) is 39.0. The summed E-state index contributed by atoms with van der Waals surface area (Å²) in [4.78, 5) is 36.9. The lowest BCUT2D eigenvalue weighted by molar-refractivity contribution is -0.889. The molecule has 2 unspecified atom stereocenters. The number of allylic oxidation sites excluding steroid dienone is 6. The van der Waals surface area contributed by atoms with E-state index in [1.54, 1.807) is 21.1 Å². The Labute approximate surface area is 357 Å². The Morgan fingerprint density at radius 1 is 0.517 bits per heavy atom.